The van der Waals surface area contributed by atoms with E-state index in [-0.39, 0.29) is 24.4 Å². The third kappa shape index (κ3) is 17.2. The minimum Gasteiger partial charge on any atom is -0.444 e. The summed E-state index contributed by atoms with van der Waals surface area (Å²) in [6.07, 6.45) is 2.23. The minimum atomic E-state index is -0.454. The zero-order valence-electron chi connectivity index (χ0n) is 26.0. The lowest BCUT2D eigenvalue weighted by atomic mass is 10.2. The summed E-state index contributed by atoms with van der Waals surface area (Å²) in [6, 6.07) is 0. The van der Waals surface area contributed by atoms with Crippen molar-refractivity contribution in [2.45, 2.75) is 90.3 Å². The Morgan fingerprint density at radius 1 is 0.750 bits per heavy atom. The van der Waals surface area contributed by atoms with E-state index in [1.165, 1.54) is 4.90 Å². The summed E-state index contributed by atoms with van der Waals surface area (Å²) in [7, 11) is 3.33. The van der Waals surface area contributed by atoms with E-state index in [1.807, 2.05) is 41.5 Å². The standard InChI is InChI=1S/C12H23NO4.C9H17NO3.C7H15NO2/c1-12(2,3)17-11(14)13-6-5-10(9-13)16-8-7-15-4;1-9(2,3)13-8(12)10-5-4-7(11)6-10;1-9-4-5-10-7-2-3-8-6-7/h10H,5-9H2,1-4H3;7,11H,4-6H2,1-3H3;7-8H,2-6H2,1H3/t10-;2*7-/m111/s1. The van der Waals surface area contributed by atoms with Crippen LogP contribution in [0.4, 0.5) is 9.59 Å². The number of β-amino-alcohol motifs (C(OH)–C–C–N with tert-alkyl or cyclic N) is 1. The Hall–Kier alpha value is -1.70. The molecule has 2 amide bonds. The molecule has 3 saturated heterocycles. The zero-order chi connectivity index (χ0) is 30.2. The lowest BCUT2D eigenvalue weighted by Gasteiger charge is -2.24. The van der Waals surface area contributed by atoms with E-state index in [4.69, 9.17) is 28.4 Å². The van der Waals surface area contributed by atoms with E-state index < -0.39 is 11.2 Å². The van der Waals surface area contributed by atoms with Crippen molar-refractivity contribution in [3.8, 4) is 0 Å². The molecular weight excluding hydrogens is 522 g/mol. The van der Waals surface area contributed by atoms with Crippen LogP contribution in [0.15, 0.2) is 0 Å². The van der Waals surface area contributed by atoms with E-state index >= 15 is 0 Å². The second kappa shape index (κ2) is 18.7. The number of methoxy groups -OCH3 is 2. The summed E-state index contributed by atoms with van der Waals surface area (Å²) in [6.45, 7) is 18.1. The Morgan fingerprint density at radius 2 is 1.25 bits per heavy atom. The first kappa shape index (κ1) is 36.3. The van der Waals surface area contributed by atoms with Crippen LogP contribution in [0.25, 0.3) is 0 Å². The maximum Gasteiger partial charge on any atom is 0.410 e. The van der Waals surface area contributed by atoms with E-state index in [1.54, 1.807) is 19.1 Å². The first-order valence-corrected chi connectivity index (χ1v) is 14.3. The first-order chi connectivity index (χ1) is 18.7. The molecule has 0 saturated carbocycles. The molecule has 3 aliphatic rings. The van der Waals surface area contributed by atoms with Gasteiger partial charge in [0, 0.05) is 40.4 Å². The van der Waals surface area contributed by atoms with Gasteiger partial charge in [0.25, 0.3) is 0 Å². The Bertz CT molecular complexity index is 706. The molecule has 3 aliphatic heterocycles. The van der Waals surface area contributed by atoms with Crippen LogP contribution in [-0.2, 0) is 28.4 Å². The Balaban J connectivity index is 0.000000311. The van der Waals surface area contributed by atoms with Crippen LogP contribution in [0, 0.1) is 0 Å². The number of carbonyl (C=O) groups is 2. The molecule has 40 heavy (non-hydrogen) atoms. The first-order valence-electron chi connectivity index (χ1n) is 14.3. The molecule has 3 heterocycles. The van der Waals surface area contributed by atoms with Gasteiger partial charge in [-0.25, -0.2) is 9.59 Å². The van der Waals surface area contributed by atoms with Gasteiger partial charge in [0.05, 0.1) is 51.3 Å². The number of nitrogens with zero attached hydrogens (tertiary/aromatic N) is 2. The van der Waals surface area contributed by atoms with Gasteiger partial charge >= 0.3 is 12.2 Å². The van der Waals surface area contributed by atoms with Crippen LogP contribution in [0.5, 0.6) is 0 Å². The average molecular weight is 578 g/mol. The molecule has 12 heteroatoms. The van der Waals surface area contributed by atoms with Crippen LogP contribution in [0.1, 0.15) is 60.8 Å². The molecule has 3 fully saturated rings. The van der Waals surface area contributed by atoms with E-state index in [0.717, 1.165) is 32.5 Å². The van der Waals surface area contributed by atoms with E-state index in [9.17, 15) is 14.7 Å². The zero-order valence-corrected chi connectivity index (χ0v) is 26.0. The largest absolute Gasteiger partial charge is 0.444 e. The third-order valence-electron chi connectivity index (χ3n) is 5.91. The van der Waals surface area contributed by atoms with Crippen LogP contribution < -0.4 is 5.32 Å². The molecule has 0 unspecified atom stereocenters. The normalized spacial score (nSPS) is 22.8. The summed E-state index contributed by atoms with van der Waals surface area (Å²) >= 11 is 0. The predicted molar refractivity (Wildman–Crippen MR) is 152 cm³/mol. The number of carbonyl (C=O) groups excluding carboxylic acids is 2. The molecule has 236 valence electrons. The third-order valence-corrected chi connectivity index (χ3v) is 5.91. The van der Waals surface area contributed by atoms with Crippen molar-refractivity contribution in [3.63, 3.8) is 0 Å². The number of amides is 2. The molecule has 0 aromatic rings. The number of hydrogen-bond donors (Lipinski definition) is 2. The average Bonchev–Trinajstić information content (AvgIpc) is 3.61. The monoisotopic (exact) mass is 577 g/mol. The van der Waals surface area contributed by atoms with Crippen LogP contribution in [0.2, 0.25) is 0 Å². The summed E-state index contributed by atoms with van der Waals surface area (Å²) in [5.41, 5.74) is -0.892. The lowest BCUT2D eigenvalue weighted by Crippen LogP contribution is -2.36. The molecule has 3 atom stereocenters. The molecular formula is C28H55N3O9. The highest BCUT2D eigenvalue weighted by Gasteiger charge is 2.30. The topological polar surface area (TPSA) is 128 Å². The molecule has 2 N–H and O–H groups in total. The molecule has 12 nitrogen and oxygen atoms in total. The number of rotatable bonds is 8. The van der Waals surface area contributed by atoms with Gasteiger partial charge in [-0.05, 0) is 67.3 Å². The fourth-order valence-corrected chi connectivity index (χ4v) is 3.96. The van der Waals surface area contributed by atoms with Gasteiger partial charge in [0.2, 0.25) is 0 Å². The fraction of sp³-hybridized carbons (Fsp3) is 0.929. The second-order valence-corrected chi connectivity index (χ2v) is 12.0. The van der Waals surface area contributed by atoms with Crippen molar-refractivity contribution in [1.29, 1.82) is 0 Å². The number of aliphatic hydroxyl groups is 1. The van der Waals surface area contributed by atoms with Gasteiger partial charge in [-0.3, -0.25) is 0 Å². The summed E-state index contributed by atoms with van der Waals surface area (Å²) in [5, 5.41) is 12.4. The molecule has 0 spiro atoms. The smallest absolute Gasteiger partial charge is 0.410 e. The van der Waals surface area contributed by atoms with Crippen molar-refractivity contribution in [3.05, 3.63) is 0 Å². The van der Waals surface area contributed by atoms with Crippen LogP contribution in [-0.4, -0.2) is 137 Å². The maximum absolute atomic E-state index is 11.8. The van der Waals surface area contributed by atoms with Crippen LogP contribution >= 0.6 is 0 Å². The molecule has 0 radical (unpaired) electrons. The van der Waals surface area contributed by atoms with Crippen molar-refractivity contribution < 1.29 is 43.1 Å². The highest BCUT2D eigenvalue weighted by molar-refractivity contribution is 5.69. The lowest BCUT2D eigenvalue weighted by molar-refractivity contribution is 0.0106. The summed E-state index contributed by atoms with van der Waals surface area (Å²) in [5.74, 6) is 0. The second-order valence-electron chi connectivity index (χ2n) is 12.0. The van der Waals surface area contributed by atoms with Gasteiger partial charge in [-0.15, -0.1) is 0 Å². The van der Waals surface area contributed by atoms with Crippen molar-refractivity contribution in [2.24, 2.45) is 0 Å². The highest BCUT2D eigenvalue weighted by atomic mass is 16.6. The summed E-state index contributed by atoms with van der Waals surface area (Å²) in [4.78, 5) is 26.4. The number of aliphatic hydroxyl groups excluding tert-OH is 1. The molecule has 0 aromatic carbocycles. The van der Waals surface area contributed by atoms with Gasteiger partial charge < -0.3 is 48.6 Å². The minimum absolute atomic E-state index is 0.109. The molecule has 3 rings (SSSR count). The van der Waals surface area contributed by atoms with Gasteiger partial charge in [-0.2, -0.15) is 0 Å². The Labute approximate surface area is 240 Å². The van der Waals surface area contributed by atoms with Crippen molar-refractivity contribution in [1.82, 2.24) is 15.1 Å². The fourth-order valence-electron chi connectivity index (χ4n) is 3.96. The van der Waals surface area contributed by atoms with Gasteiger partial charge in [0.15, 0.2) is 0 Å². The summed E-state index contributed by atoms with van der Waals surface area (Å²) < 4.78 is 31.3. The number of ether oxygens (including phenoxy) is 6. The van der Waals surface area contributed by atoms with Crippen LogP contribution in [0.3, 0.4) is 0 Å². The SMILES string of the molecule is CC(C)(C)OC(=O)N1CC[C@@H](O)C1.COCCO[C@@H]1CCN(C(=O)OC(C)(C)C)C1.COCCO[C@@H]1CCNC1. The Morgan fingerprint density at radius 3 is 1.68 bits per heavy atom. The molecule has 0 bridgehead atoms. The van der Waals surface area contributed by atoms with Gasteiger partial charge in [-0.1, -0.05) is 0 Å². The highest BCUT2D eigenvalue weighted by Crippen LogP contribution is 2.17. The number of likely N-dealkylation sites (tertiary alicyclic amines) is 2. The maximum atomic E-state index is 11.8. The quantitative estimate of drug-likeness (QED) is 0.416. The Kier molecular flexibility index (Phi) is 17.0. The molecule has 0 aromatic heterocycles. The van der Waals surface area contributed by atoms with Gasteiger partial charge in [0.1, 0.15) is 11.2 Å². The van der Waals surface area contributed by atoms with Crippen molar-refractivity contribution in [2.75, 3.05) is 79.9 Å². The van der Waals surface area contributed by atoms with E-state index in [0.29, 0.717) is 58.5 Å². The van der Waals surface area contributed by atoms with Crippen molar-refractivity contribution >= 4 is 12.2 Å². The molecule has 0 aliphatic carbocycles. The van der Waals surface area contributed by atoms with E-state index in [2.05, 4.69) is 5.32 Å². The number of hydrogen-bond acceptors (Lipinski definition) is 10. The predicted octanol–water partition coefficient (Wildman–Crippen LogP) is 2.66. The number of nitrogens with one attached hydrogen (secondary N) is 1.